The van der Waals surface area contributed by atoms with E-state index in [4.69, 9.17) is 0 Å². The van der Waals surface area contributed by atoms with Gasteiger partial charge in [-0.15, -0.1) is 0 Å². The molecule has 2 aliphatic rings. The van der Waals surface area contributed by atoms with Crippen molar-refractivity contribution in [3.63, 3.8) is 0 Å². The van der Waals surface area contributed by atoms with Crippen LogP contribution >= 0.6 is 0 Å². The molecule has 110 valence electrons. The van der Waals surface area contributed by atoms with Crippen molar-refractivity contribution in [3.8, 4) is 0 Å². The van der Waals surface area contributed by atoms with Crippen LogP contribution in [0.15, 0.2) is 0 Å². The topological polar surface area (TPSA) is 26.8 Å². The summed E-state index contributed by atoms with van der Waals surface area (Å²) in [4.78, 5) is 19.1. The molecule has 0 radical (unpaired) electrons. The van der Waals surface area contributed by atoms with Gasteiger partial charge in [-0.3, -0.25) is 4.79 Å². The van der Waals surface area contributed by atoms with E-state index in [1.807, 2.05) is 0 Å². The van der Waals surface area contributed by atoms with Crippen molar-refractivity contribution in [3.05, 3.63) is 0 Å². The Hall–Kier alpha value is -0.610. The van der Waals surface area contributed by atoms with Crippen molar-refractivity contribution < 1.29 is 4.79 Å². The van der Waals surface area contributed by atoms with E-state index < -0.39 is 0 Å². The number of amides is 1. The van der Waals surface area contributed by atoms with Crippen LogP contribution in [0.4, 0.5) is 0 Å². The SMILES string of the molecule is CCN1CCN(C(=O)CCC2CCN(C)CC2)CC1. The molecule has 0 aliphatic carbocycles. The van der Waals surface area contributed by atoms with Crippen molar-refractivity contribution in [2.24, 2.45) is 5.92 Å². The molecule has 1 amide bonds. The van der Waals surface area contributed by atoms with Crippen LogP contribution in [-0.2, 0) is 4.79 Å². The normalized spacial score (nSPS) is 23.8. The molecule has 2 saturated heterocycles. The fourth-order valence-corrected chi connectivity index (χ4v) is 3.15. The summed E-state index contributed by atoms with van der Waals surface area (Å²) in [5, 5.41) is 0. The molecular formula is C15H29N3O. The van der Waals surface area contributed by atoms with Crippen LogP contribution in [0.3, 0.4) is 0 Å². The maximum atomic E-state index is 12.2. The van der Waals surface area contributed by atoms with Gasteiger partial charge in [-0.05, 0) is 51.9 Å². The highest BCUT2D eigenvalue weighted by atomic mass is 16.2. The predicted octanol–water partition coefficient (Wildman–Crippen LogP) is 1.27. The highest BCUT2D eigenvalue weighted by Gasteiger charge is 2.22. The number of likely N-dealkylation sites (tertiary alicyclic amines) is 1. The number of rotatable bonds is 4. The van der Waals surface area contributed by atoms with Crippen LogP contribution in [0.1, 0.15) is 32.6 Å². The summed E-state index contributed by atoms with van der Waals surface area (Å²) in [6.45, 7) is 9.67. The quantitative estimate of drug-likeness (QED) is 0.767. The van der Waals surface area contributed by atoms with E-state index in [0.29, 0.717) is 5.91 Å². The molecule has 0 aromatic carbocycles. The second-order valence-corrected chi connectivity index (χ2v) is 6.10. The van der Waals surface area contributed by atoms with E-state index in [1.165, 1.54) is 25.9 Å². The van der Waals surface area contributed by atoms with Gasteiger partial charge in [0.1, 0.15) is 0 Å². The van der Waals surface area contributed by atoms with Crippen LogP contribution in [-0.4, -0.2) is 73.5 Å². The van der Waals surface area contributed by atoms with Crippen LogP contribution in [0.25, 0.3) is 0 Å². The van der Waals surface area contributed by atoms with Gasteiger partial charge in [-0.2, -0.15) is 0 Å². The lowest BCUT2D eigenvalue weighted by Crippen LogP contribution is -2.48. The molecule has 0 N–H and O–H groups in total. The van der Waals surface area contributed by atoms with Gasteiger partial charge < -0.3 is 14.7 Å². The minimum absolute atomic E-state index is 0.384. The number of piperidine rings is 1. The van der Waals surface area contributed by atoms with Crippen molar-refractivity contribution in [2.75, 3.05) is 52.9 Å². The van der Waals surface area contributed by atoms with Crippen LogP contribution in [0.2, 0.25) is 0 Å². The molecule has 0 bridgehead atoms. The number of carbonyl (C=O) groups is 1. The third kappa shape index (κ3) is 4.46. The van der Waals surface area contributed by atoms with Crippen molar-refractivity contribution in [1.82, 2.24) is 14.7 Å². The fourth-order valence-electron chi connectivity index (χ4n) is 3.15. The highest BCUT2D eigenvalue weighted by molar-refractivity contribution is 5.76. The Kier molecular flexibility index (Phi) is 5.64. The van der Waals surface area contributed by atoms with Gasteiger partial charge in [-0.25, -0.2) is 0 Å². The summed E-state index contributed by atoms with van der Waals surface area (Å²) in [5.74, 6) is 1.16. The number of piperazine rings is 1. The van der Waals surface area contributed by atoms with Gasteiger partial charge in [0, 0.05) is 32.6 Å². The van der Waals surface area contributed by atoms with Gasteiger partial charge in [0.15, 0.2) is 0 Å². The minimum Gasteiger partial charge on any atom is -0.340 e. The maximum Gasteiger partial charge on any atom is 0.222 e. The standard InChI is InChI=1S/C15H29N3O/c1-3-17-10-12-18(13-11-17)15(19)5-4-14-6-8-16(2)9-7-14/h14H,3-13H2,1-2H3. The Balaban J connectivity index is 1.64. The first-order chi connectivity index (χ1) is 9.19. The molecule has 0 spiro atoms. The van der Waals surface area contributed by atoms with Crippen molar-refractivity contribution >= 4 is 5.91 Å². The molecule has 0 aromatic rings. The third-order valence-electron chi connectivity index (χ3n) is 4.78. The minimum atomic E-state index is 0.384. The first kappa shape index (κ1) is 14.8. The van der Waals surface area contributed by atoms with Gasteiger partial charge in [0.2, 0.25) is 5.91 Å². The van der Waals surface area contributed by atoms with Crippen molar-refractivity contribution in [1.29, 1.82) is 0 Å². The summed E-state index contributed by atoms with van der Waals surface area (Å²) < 4.78 is 0. The van der Waals surface area contributed by atoms with E-state index in [1.54, 1.807) is 0 Å². The molecule has 0 atom stereocenters. The molecule has 2 fully saturated rings. The average molecular weight is 267 g/mol. The highest BCUT2D eigenvalue weighted by Crippen LogP contribution is 2.21. The Morgan fingerprint density at radius 1 is 1.05 bits per heavy atom. The number of likely N-dealkylation sites (N-methyl/N-ethyl adjacent to an activating group) is 1. The molecule has 0 saturated carbocycles. The van der Waals surface area contributed by atoms with Gasteiger partial charge in [0.25, 0.3) is 0 Å². The van der Waals surface area contributed by atoms with E-state index in [9.17, 15) is 4.79 Å². The smallest absolute Gasteiger partial charge is 0.222 e. The molecule has 0 unspecified atom stereocenters. The molecule has 2 aliphatic heterocycles. The molecule has 4 nitrogen and oxygen atoms in total. The predicted molar refractivity (Wildman–Crippen MR) is 78.1 cm³/mol. The first-order valence-corrected chi connectivity index (χ1v) is 7.87. The Bertz CT molecular complexity index is 279. The monoisotopic (exact) mass is 267 g/mol. The van der Waals surface area contributed by atoms with E-state index in [2.05, 4.69) is 28.7 Å². The summed E-state index contributed by atoms with van der Waals surface area (Å²) in [7, 11) is 2.19. The summed E-state index contributed by atoms with van der Waals surface area (Å²) in [5.41, 5.74) is 0. The molecule has 19 heavy (non-hydrogen) atoms. The molecule has 4 heteroatoms. The number of hydrogen-bond donors (Lipinski definition) is 0. The zero-order valence-electron chi connectivity index (χ0n) is 12.6. The Labute approximate surface area is 117 Å². The molecule has 2 rings (SSSR count). The lowest BCUT2D eigenvalue weighted by molar-refractivity contribution is -0.133. The van der Waals surface area contributed by atoms with Crippen LogP contribution in [0.5, 0.6) is 0 Å². The maximum absolute atomic E-state index is 12.2. The van der Waals surface area contributed by atoms with E-state index in [-0.39, 0.29) is 0 Å². The van der Waals surface area contributed by atoms with Crippen LogP contribution in [0, 0.1) is 5.92 Å². The summed E-state index contributed by atoms with van der Waals surface area (Å²) >= 11 is 0. The van der Waals surface area contributed by atoms with Crippen molar-refractivity contribution in [2.45, 2.75) is 32.6 Å². The first-order valence-electron chi connectivity index (χ1n) is 7.87. The van der Waals surface area contributed by atoms with Gasteiger partial charge in [0.05, 0.1) is 0 Å². The largest absolute Gasteiger partial charge is 0.340 e. The van der Waals surface area contributed by atoms with Gasteiger partial charge in [-0.1, -0.05) is 6.92 Å². The third-order valence-corrected chi connectivity index (χ3v) is 4.78. The number of nitrogens with zero attached hydrogens (tertiary/aromatic N) is 3. The summed E-state index contributed by atoms with van der Waals surface area (Å²) in [6, 6.07) is 0. The Morgan fingerprint density at radius 3 is 2.26 bits per heavy atom. The van der Waals surface area contributed by atoms with Gasteiger partial charge >= 0.3 is 0 Å². The lowest BCUT2D eigenvalue weighted by atomic mass is 9.92. The molecule has 0 aromatic heterocycles. The molecule has 2 heterocycles. The Morgan fingerprint density at radius 2 is 1.68 bits per heavy atom. The lowest BCUT2D eigenvalue weighted by Gasteiger charge is -2.34. The second kappa shape index (κ2) is 7.25. The average Bonchev–Trinajstić information content (AvgIpc) is 2.46. The summed E-state index contributed by atoms with van der Waals surface area (Å²) in [6.07, 6.45) is 4.40. The number of hydrogen-bond acceptors (Lipinski definition) is 3. The number of carbonyl (C=O) groups excluding carboxylic acids is 1. The van der Waals surface area contributed by atoms with E-state index >= 15 is 0 Å². The zero-order chi connectivity index (χ0) is 13.7. The van der Waals surface area contributed by atoms with E-state index in [0.717, 1.165) is 51.5 Å². The fraction of sp³-hybridized carbons (Fsp3) is 0.933. The molecular weight excluding hydrogens is 238 g/mol. The van der Waals surface area contributed by atoms with Crippen LogP contribution < -0.4 is 0 Å². The second-order valence-electron chi connectivity index (χ2n) is 6.10. The zero-order valence-corrected chi connectivity index (χ0v) is 12.6.